The van der Waals surface area contributed by atoms with Gasteiger partial charge in [-0.2, -0.15) is 0 Å². The second-order valence-electron chi connectivity index (χ2n) is 8.02. The molecule has 1 aliphatic heterocycles. The Morgan fingerprint density at radius 1 is 1.33 bits per heavy atom. The zero-order chi connectivity index (χ0) is 20.2. The molecule has 1 aromatic rings. The zero-order valence-corrected chi connectivity index (χ0v) is 16.6. The molecule has 0 radical (unpaired) electrons. The molecule has 0 aliphatic carbocycles. The molecule has 5 nitrogen and oxygen atoms in total. The van der Waals surface area contributed by atoms with E-state index in [2.05, 4.69) is 11.9 Å². The van der Waals surface area contributed by atoms with E-state index in [4.69, 9.17) is 4.74 Å². The van der Waals surface area contributed by atoms with Gasteiger partial charge in [-0.15, -0.1) is 0 Å². The standard InChI is InChI=1S/C21H29FN2O3/c1-6-15-11-14(2)18(17(22)12-15)19(25)24-9-7-16(8-10-24)13-23-20(26)27-21(3,4)5/h6,11-12,16H,1,7-10,13H2,2-5H3,(H,23,26). The summed E-state index contributed by atoms with van der Waals surface area (Å²) >= 11 is 0. The Hall–Kier alpha value is -2.37. The summed E-state index contributed by atoms with van der Waals surface area (Å²) in [5, 5.41) is 2.78. The lowest BCUT2D eigenvalue weighted by Crippen LogP contribution is -2.42. The average molecular weight is 376 g/mol. The molecule has 0 unspecified atom stereocenters. The normalized spacial score (nSPS) is 15.4. The van der Waals surface area contributed by atoms with E-state index < -0.39 is 17.5 Å². The van der Waals surface area contributed by atoms with Crippen LogP contribution < -0.4 is 5.32 Å². The van der Waals surface area contributed by atoms with Crippen molar-refractivity contribution in [1.82, 2.24) is 10.2 Å². The molecule has 0 aromatic heterocycles. The number of halogens is 1. The number of piperidine rings is 1. The summed E-state index contributed by atoms with van der Waals surface area (Å²) in [4.78, 5) is 26.2. The first-order chi connectivity index (χ1) is 12.6. The third kappa shape index (κ3) is 5.81. The number of carbonyl (C=O) groups excluding carboxylic acids is 2. The molecule has 1 saturated heterocycles. The Balaban J connectivity index is 1.89. The number of nitrogens with zero attached hydrogens (tertiary/aromatic N) is 1. The van der Waals surface area contributed by atoms with E-state index in [-0.39, 0.29) is 17.4 Å². The van der Waals surface area contributed by atoms with Crippen molar-refractivity contribution in [1.29, 1.82) is 0 Å². The summed E-state index contributed by atoms with van der Waals surface area (Å²) in [6.45, 7) is 12.4. The zero-order valence-electron chi connectivity index (χ0n) is 16.6. The predicted octanol–water partition coefficient (Wildman–Crippen LogP) is 4.15. The molecule has 1 aromatic carbocycles. The summed E-state index contributed by atoms with van der Waals surface area (Å²) in [7, 11) is 0. The third-order valence-electron chi connectivity index (χ3n) is 4.59. The number of hydrogen-bond donors (Lipinski definition) is 1. The Morgan fingerprint density at radius 3 is 2.48 bits per heavy atom. The number of aryl methyl sites for hydroxylation is 1. The van der Waals surface area contributed by atoms with Crippen molar-refractivity contribution in [2.75, 3.05) is 19.6 Å². The van der Waals surface area contributed by atoms with Crippen LogP contribution in [0.25, 0.3) is 6.08 Å². The molecule has 148 valence electrons. The van der Waals surface area contributed by atoms with E-state index in [9.17, 15) is 14.0 Å². The van der Waals surface area contributed by atoms with Crippen LogP contribution in [0.3, 0.4) is 0 Å². The minimum Gasteiger partial charge on any atom is -0.444 e. The fourth-order valence-corrected chi connectivity index (χ4v) is 3.20. The third-order valence-corrected chi connectivity index (χ3v) is 4.59. The molecule has 1 N–H and O–H groups in total. The van der Waals surface area contributed by atoms with Gasteiger partial charge in [0.05, 0.1) is 5.56 Å². The van der Waals surface area contributed by atoms with Crippen LogP contribution in [0.2, 0.25) is 0 Å². The summed E-state index contributed by atoms with van der Waals surface area (Å²) in [6, 6.07) is 3.10. The highest BCUT2D eigenvalue weighted by molar-refractivity contribution is 5.96. The van der Waals surface area contributed by atoms with E-state index >= 15 is 0 Å². The maximum absolute atomic E-state index is 14.4. The van der Waals surface area contributed by atoms with Crippen LogP contribution in [0.5, 0.6) is 0 Å². The molecule has 2 rings (SSSR count). The maximum Gasteiger partial charge on any atom is 0.407 e. The number of likely N-dealkylation sites (tertiary alicyclic amines) is 1. The second-order valence-corrected chi connectivity index (χ2v) is 8.02. The highest BCUT2D eigenvalue weighted by Crippen LogP contribution is 2.23. The van der Waals surface area contributed by atoms with Crippen LogP contribution >= 0.6 is 0 Å². The van der Waals surface area contributed by atoms with Crippen molar-refractivity contribution in [2.45, 2.75) is 46.1 Å². The first kappa shape index (κ1) is 20.9. The van der Waals surface area contributed by atoms with Crippen molar-refractivity contribution in [3.63, 3.8) is 0 Å². The van der Waals surface area contributed by atoms with E-state index in [1.54, 1.807) is 24.0 Å². The SMILES string of the molecule is C=Cc1cc(C)c(C(=O)N2CCC(CNC(=O)OC(C)(C)C)CC2)c(F)c1. The Labute approximate surface area is 160 Å². The van der Waals surface area contributed by atoms with Crippen molar-refractivity contribution < 1.29 is 18.7 Å². The van der Waals surface area contributed by atoms with Gasteiger partial charge in [-0.1, -0.05) is 18.7 Å². The number of rotatable bonds is 4. The molecule has 2 amide bonds. The number of carbonyl (C=O) groups is 2. The number of benzene rings is 1. The number of amides is 2. The quantitative estimate of drug-likeness (QED) is 0.859. The van der Waals surface area contributed by atoms with Crippen LogP contribution in [0.1, 0.15) is 55.1 Å². The molecule has 1 aliphatic rings. The number of alkyl carbamates (subject to hydrolysis) is 1. The van der Waals surface area contributed by atoms with Gasteiger partial charge in [0.15, 0.2) is 0 Å². The maximum atomic E-state index is 14.4. The van der Waals surface area contributed by atoms with Crippen LogP contribution in [-0.4, -0.2) is 42.1 Å². The Morgan fingerprint density at radius 2 is 1.96 bits per heavy atom. The minimum absolute atomic E-state index is 0.130. The van der Waals surface area contributed by atoms with Crippen molar-refractivity contribution >= 4 is 18.1 Å². The lowest BCUT2D eigenvalue weighted by atomic mass is 9.95. The van der Waals surface area contributed by atoms with Crippen molar-refractivity contribution in [3.8, 4) is 0 Å². The van der Waals surface area contributed by atoms with Gasteiger partial charge in [0.1, 0.15) is 11.4 Å². The Kier molecular flexibility index (Phi) is 6.63. The number of ether oxygens (including phenoxy) is 1. The van der Waals surface area contributed by atoms with Crippen molar-refractivity contribution in [3.05, 3.63) is 41.2 Å². The largest absolute Gasteiger partial charge is 0.444 e. The van der Waals surface area contributed by atoms with Gasteiger partial charge in [0.25, 0.3) is 5.91 Å². The smallest absolute Gasteiger partial charge is 0.407 e. The van der Waals surface area contributed by atoms with Crippen molar-refractivity contribution in [2.24, 2.45) is 5.92 Å². The molecule has 0 bridgehead atoms. The lowest BCUT2D eigenvalue weighted by molar-refractivity contribution is 0.0499. The first-order valence-corrected chi connectivity index (χ1v) is 9.29. The molecule has 6 heteroatoms. The lowest BCUT2D eigenvalue weighted by Gasteiger charge is -2.32. The summed E-state index contributed by atoms with van der Waals surface area (Å²) in [6.07, 6.45) is 2.65. The molecule has 27 heavy (non-hydrogen) atoms. The molecule has 0 spiro atoms. The summed E-state index contributed by atoms with van der Waals surface area (Å²) in [5.74, 6) is -0.515. The molecule has 1 heterocycles. The monoisotopic (exact) mass is 376 g/mol. The highest BCUT2D eigenvalue weighted by atomic mass is 19.1. The predicted molar refractivity (Wildman–Crippen MR) is 104 cm³/mol. The minimum atomic E-state index is -0.525. The number of nitrogens with one attached hydrogen (secondary N) is 1. The van der Waals surface area contributed by atoms with E-state index in [1.807, 2.05) is 20.8 Å². The van der Waals surface area contributed by atoms with E-state index in [1.165, 1.54) is 6.07 Å². The van der Waals surface area contributed by atoms with Gasteiger partial charge >= 0.3 is 6.09 Å². The van der Waals surface area contributed by atoms with Crippen LogP contribution in [0.15, 0.2) is 18.7 Å². The molecular formula is C21H29FN2O3. The van der Waals surface area contributed by atoms with Crippen LogP contribution in [0.4, 0.5) is 9.18 Å². The summed E-state index contributed by atoms with van der Waals surface area (Å²) in [5.41, 5.74) is 0.881. The fourth-order valence-electron chi connectivity index (χ4n) is 3.20. The molecule has 0 saturated carbocycles. The van der Waals surface area contributed by atoms with Gasteiger partial charge in [-0.25, -0.2) is 9.18 Å². The van der Waals surface area contributed by atoms with Gasteiger partial charge < -0.3 is 15.0 Å². The van der Waals surface area contributed by atoms with Gasteiger partial charge in [-0.3, -0.25) is 4.79 Å². The van der Waals surface area contributed by atoms with E-state index in [0.29, 0.717) is 30.8 Å². The topological polar surface area (TPSA) is 58.6 Å². The Bertz CT molecular complexity index is 694. The number of hydrogen-bond acceptors (Lipinski definition) is 3. The molecule has 0 atom stereocenters. The van der Waals surface area contributed by atoms with Gasteiger partial charge in [-0.05, 0) is 63.6 Å². The van der Waals surface area contributed by atoms with E-state index in [0.717, 1.165) is 12.8 Å². The molecular weight excluding hydrogens is 347 g/mol. The highest BCUT2D eigenvalue weighted by Gasteiger charge is 2.27. The fraction of sp³-hybridized carbons (Fsp3) is 0.524. The van der Waals surface area contributed by atoms with Gasteiger partial charge in [0, 0.05) is 19.6 Å². The van der Waals surface area contributed by atoms with Gasteiger partial charge in [0.2, 0.25) is 0 Å². The van der Waals surface area contributed by atoms with Crippen LogP contribution in [-0.2, 0) is 4.74 Å². The average Bonchev–Trinajstić information content (AvgIpc) is 2.58. The van der Waals surface area contributed by atoms with Crippen LogP contribution in [0, 0.1) is 18.7 Å². The molecule has 1 fully saturated rings. The summed E-state index contributed by atoms with van der Waals surface area (Å²) < 4.78 is 19.6. The first-order valence-electron chi connectivity index (χ1n) is 9.29. The second kappa shape index (κ2) is 8.55.